The highest BCUT2D eigenvalue weighted by atomic mass is 35.5. The number of aliphatic hydroxyl groups is 1. The predicted molar refractivity (Wildman–Crippen MR) is 86.5 cm³/mol. The lowest BCUT2D eigenvalue weighted by Crippen LogP contribution is -2.28. The Balaban J connectivity index is 3.33. The van der Waals surface area contributed by atoms with Crippen LogP contribution in [0.3, 0.4) is 0 Å². The van der Waals surface area contributed by atoms with E-state index in [0.717, 1.165) is 11.3 Å². The minimum atomic E-state index is 0.0183. The van der Waals surface area contributed by atoms with Gasteiger partial charge >= 0.3 is 0 Å². The second-order valence-corrected chi connectivity index (χ2v) is 5.66. The molecule has 5 heteroatoms. The van der Waals surface area contributed by atoms with Gasteiger partial charge < -0.3 is 19.5 Å². The summed E-state index contributed by atoms with van der Waals surface area (Å²) in [4.78, 5) is 2.06. The van der Waals surface area contributed by atoms with E-state index in [1.807, 2.05) is 47.0 Å². The zero-order chi connectivity index (χ0) is 16.0. The summed E-state index contributed by atoms with van der Waals surface area (Å²) in [6.45, 7) is 7.08. The van der Waals surface area contributed by atoms with Gasteiger partial charge in [-0.25, -0.2) is 0 Å². The van der Waals surface area contributed by atoms with E-state index in [1.165, 1.54) is 0 Å². The summed E-state index contributed by atoms with van der Waals surface area (Å²) in [6, 6.07) is 3.74. The molecule has 4 nitrogen and oxygen atoms in total. The third-order valence-corrected chi connectivity index (χ3v) is 3.66. The topological polar surface area (TPSA) is 41.9 Å². The minimum Gasteiger partial charge on any atom is -0.493 e. The molecule has 0 amide bonds. The molecule has 0 aliphatic carbocycles. The molecule has 0 aliphatic rings. The number of ether oxygens (including phenoxy) is 2. The van der Waals surface area contributed by atoms with Gasteiger partial charge in [0.05, 0.1) is 18.2 Å². The van der Waals surface area contributed by atoms with Crippen molar-refractivity contribution in [1.29, 1.82) is 0 Å². The van der Waals surface area contributed by atoms with E-state index in [0.29, 0.717) is 24.0 Å². The van der Waals surface area contributed by atoms with Crippen LogP contribution in [0.5, 0.6) is 11.5 Å². The Bertz CT molecular complexity index is 451. The van der Waals surface area contributed by atoms with Crippen LogP contribution in [0.4, 0.5) is 0 Å². The number of nitrogens with zero attached hydrogens (tertiary/aromatic N) is 1. The molecule has 0 saturated carbocycles. The van der Waals surface area contributed by atoms with Crippen molar-refractivity contribution in [2.75, 3.05) is 33.9 Å². The summed E-state index contributed by atoms with van der Waals surface area (Å²) in [7, 11) is 3.97. The van der Waals surface area contributed by atoms with E-state index in [2.05, 4.69) is 4.90 Å². The van der Waals surface area contributed by atoms with Gasteiger partial charge in [0.15, 0.2) is 0 Å². The molecule has 1 rings (SSSR count). The fourth-order valence-corrected chi connectivity index (χ4v) is 2.75. The first-order valence-corrected chi connectivity index (χ1v) is 7.70. The third-order valence-electron chi connectivity index (χ3n) is 3.37. The highest BCUT2D eigenvalue weighted by molar-refractivity contribution is 6.32. The smallest absolute Gasteiger partial charge is 0.141 e. The summed E-state index contributed by atoms with van der Waals surface area (Å²) in [5, 5.41) is 10.1. The van der Waals surface area contributed by atoms with Crippen LogP contribution in [0.25, 0.3) is 0 Å². The average Bonchev–Trinajstić information content (AvgIpc) is 2.43. The van der Waals surface area contributed by atoms with E-state index in [1.54, 1.807) is 0 Å². The van der Waals surface area contributed by atoms with Crippen molar-refractivity contribution in [3.05, 3.63) is 22.7 Å². The Morgan fingerprint density at radius 3 is 2.19 bits per heavy atom. The third kappa shape index (κ3) is 4.50. The normalized spacial score (nSPS) is 14.1. The predicted octanol–water partition coefficient (Wildman–Crippen LogP) is 3.37. The molecule has 2 atom stereocenters. The Morgan fingerprint density at radius 1 is 1.14 bits per heavy atom. The Morgan fingerprint density at radius 2 is 1.71 bits per heavy atom. The second kappa shape index (κ2) is 8.47. The van der Waals surface area contributed by atoms with Crippen LogP contribution >= 0.6 is 11.6 Å². The molecule has 0 aliphatic heterocycles. The Hall–Kier alpha value is -0.970. The van der Waals surface area contributed by atoms with E-state index in [-0.39, 0.29) is 18.6 Å². The van der Waals surface area contributed by atoms with Gasteiger partial charge in [-0.15, -0.1) is 0 Å². The first kappa shape index (κ1) is 18.1. The van der Waals surface area contributed by atoms with Crippen LogP contribution in [0.2, 0.25) is 5.02 Å². The lowest BCUT2D eigenvalue weighted by molar-refractivity contribution is 0.142. The molecule has 0 aromatic heterocycles. The molecule has 0 heterocycles. The van der Waals surface area contributed by atoms with Crippen molar-refractivity contribution in [1.82, 2.24) is 4.90 Å². The lowest BCUT2D eigenvalue weighted by Gasteiger charge is -2.31. The van der Waals surface area contributed by atoms with Gasteiger partial charge in [0.2, 0.25) is 0 Å². The molecule has 0 spiro atoms. The largest absolute Gasteiger partial charge is 0.493 e. The van der Waals surface area contributed by atoms with Gasteiger partial charge in [-0.05, 0) is 39.9 Å². The van der Waals surface area contributed by atoms with Gasteiger partial charge in [0.1, 0.15) is 11.5 Å². The second-order valence-electron chi connectivity index (χ2n) is 5.25. The molecule has 1 aromatic rings. The van der Waals surface area contributed by atoms with E-state index in [9.17, 15) is 5.11 Å². The van der Waals surface area contributed by atoms with Crippen molar-refractivity contribution in [3.8, 4) is 11.5 Å². The molecular formula is C16H26ClNO3. The SMILES string of the molecule is CCOc1cc(OCC)c(C(C(C)CO)N(C)C)cc1Cl. The van der Waals surface area contributed by atoms with E-state index < -0.39 is 0 Å². The zero-order valence-electron chi connectivity index (χ0n) is 13.5. The molecule has 0 fully saturated rings. The Labute approximate surface area is 132 Å². The van der Waals surface area contributed by atoms with Crippen molar-refractivity contribution in [3.63, 3.8) is 0 Å². The van der Waals surface area contributed by atoms with Crippen LogP contribution in [0, 0.1) is 5.92 Å². The summed E-state index contributed by atoms with van der Waals surface area (Å²) in [5.41, 5.74) is 0.969. The maximum absolute atomic E-state index is 9.52. The number of hydrogen-bond donors (Lipinski definition) is 1. The molecule has 120 valence electrons. The first-order chi connectivity index (χ1) is 9.96. The quantitative estimate of drug-likeness (QED) is 0.798. The van der Waals surface area contributed by atoms with Gasteiger partial charge in [0.25, 0.3) is 0 Å². The van der Waals surface area contributed by atoms with Crippen LogP contribution in [-0.2, 0) is 0 Å². The molecule has 0 radical (unpaired) electrons. The number of halogens is 1. The number of aliphatic hydroxyl groups excluding tert-OH is 1. The molecule has 0 saturated heterocycles. The van der Waals surface area contributed by atoms with Gasteiger partial charge in [-0.3, -0.25) is 0 Å². The monoisotopic (exact) mass is 315 g/mol. The van der Waals surface area contributed by atoms with Gasteiger partial charge in [-0.1, -0.05) is 18.5 Å². The lowest BCUT2D eigenvalue weighted by atomic mass is 9.93. The standard InChI is InChI=1S/C16H26ClNO3/c1-6-20-14-9-15(21-7-2)13(17)8-12(14)16(18(4)5)11(3)10-19/h8-9,11,16,19H,6-7,10H2,1-5H3. The van der Waals surface area contributed by atoms with Crippen molar-refractivity contribution in [2.24, 2.45) is 5.92 Å². The van der Waals surface area contributed by atoms with Crippen LogP contribution in [0.15, 0.2) is 12.1 Å². The molecule has 21 heavy (non-hydrogen) atoms. The highest BCUT2D eigenvalue weighted by Gasteiger charge is 2.26. The van der Waals surface area contributed by atoms with E-state index in [4.69, 9.17) is 21.1 Å². The number of rotatable bonds is 8. The summed E-state index contributed by atoms with van der Waals surface area (Å²) < 4.78 is 11.3. The Kier molecular flexibility index (Phi) is 7.29. The molecular weight excluding hydrogens is 290 g/mol. The van der Waals surface area contributed by atoms with Gasteiger partial charge in [0, 0.05) is 24.3 Å². The summed E-state index contributed by atoms with van der Waals surface area (Å²) in [5.74, 6) is 1.44. The zero-order valence-corrected chi connectivity index (χ0v) is 14.3. The summed E-state index contributed by atoms with van der Waals surface area (Å²) in [6.07, 6.45) is 0. The fourth-order valence-electron chi connectivity index (χ4n) is 2.52. The van der Waals surface area contributed by atoms with Crippen molar-refractivity contribution < 1.29 is 14.6 Å². The highest BCUT2D eigenvalue weighted by Crippen LogP contribution is 2.40. The van der Waals surface area contributed by atoms with Gasteiger partial charge in [-0.2, -0.15) is 0 Å². The van der Waals surface area contributed by atoms with Crippen molar-refractivity contribution in [2.45, 2.75) is 26.8 Å². The molecule has 1 aromatic carbocycles. The molecule has 1 N–H and O–H groups in total. The number of benzene rings is 1. The van der Waals surface area contributed by atoms with Crippen LogP contribution in [0.1, 0.15) is 32.4 Å². The maximum atomic E-state index is 9.52. The minimum absolute atomic E-state index is 0.0183. The average molecular weight is 316 g/mol. The molecule has 0 bridgehead atoms. The molecule has 2 unspecified atom stereocenters. The maximum Gasteiger partial charge on any atom is 0.141 e. The van der Waals surface area contributed by atoms with Crippen LogP contribution < -0.4 is 9.47 Å². The number of hydrogen-bond acceptors (Lipinski definition) is 4. The first-order valence-electron chi connectivity index (χ1n) is 7.32. The van der Waals surface area contributed by atoms with Crippen LogP contribution in [-0.4, -0.2) is 43.9 Å². The van der Waals surface area contributed by atoms with Crippen molar-refractivity contribution >= 4 is 11.6 Å². The summed E-state index contributed by atoms with van der Waals surface area (Å²) >= 11 is 6.32. The fraction of sp³-hybridized carbons (Fsp3) is 0.625. The van der Waals surface area contributed by atoms with E-state index >= 15 is 0 Å².